The maximum atomic E-state index is 13.0. The Hall–Kier alpha value is -1.95. The Kier molecular flexibility index (Phi) is 5.06. The molecule has 1 heterocycles. The molecule has 1 atom stereocenters. The quantitative estimate of drug-likeness (QED) is 0.449. The molecular weight excluding hydrogens is 406 g/mol. The first kappa shape index (κ1) is 18.8. The van der Waals surface area contributed by atoms with Crippen molar-refractivity contribution in [1.82, 2.24) is 10.1 Å². The highest BCUT2D eigenvalue weighted by Crippen LogP contribution is 2.40. The Morgan fingerprint density at radius 1 is 1.12 bits per heavy atom. The highest BCUT2D eigenvalue weighted by Gasteiger charge is 2.35. The maximum absolute atomic E-state index is 13.0. The summed E-state index contributed by atoms with van der Waals surface area (Å²) in [6.45, 7) is 1.58. The molecule has 0 aliphatic heterocycles. The molecule has 0 bridgehead atoms. The van der Waals surface area contributed by atoms with Gasteiger partial charge in [-0.1, -0.05) is 28.9 Å². The normalized spacial score (nSPS) is 14.0. The van der Waals surface area contributed by atoms with Gasteiger partial charge >= 0.3 is 11.3 Å². The van der Waals surface area contributed by atoms with Crippen molar-refractivity contribution in [3.05, 3.63) is 59.4 Å². The predicted octanol–water partition coefficient (Wildman–Crippen LogP) is 5.32. The summed E-state index contributed by atoms with van der Waals surface area (Å²) in [6, 6.07) is 13.2. The van der Waals surface area contributed by atoms with E-state index in [1.165, 1.54) is 0 Å². The van der Waals surface area contributed by atoms with Crippen LogP contribution in [0.3, 0.4) is 0 Å². The fraction of sp³-hybridized carbons (Fsp3) is 0.125. The molecule has 3 aromatic rings. The average Bonchev–Trinajstić information content (AvgIpc) is 3.07. The molecule has 1 unspecified atom stereocenters. The highest BCUT2D eigenvalue weighted by molar-refractivity contribution is 7.72. The van der Waals surface area contributed by atoms with Gasteiger partial charge in [0.05, 0.1) is 0 Å². The second-order valence-electron chi connectivity index (χ2n) is 5.51. The number of aromatic nitrogens is 2. The second-order valence-corrected chi connectivity index (χ2v) is 9.01. The van der Waals surface area contributed by atoms with Crippen LogP contribution >= 0.6 is 30.5 Å². The molecule has 5 nitrogen and oxygen atoms in total. The van der Waals surface area contributed by atoms with Gasteiger partial charge in [-0.25, -0.2) is 0 Å². The standard InChI is InChI=1S/C16H12Cl2F2N3O2P/c1-26(24,23-12-6-4-11(17)5-7-12)13-8-2-10(3-9-13)14-21-15(25-22-14)16(18,19)20/h2-9H,1H3,(H,23,24). The van der Waals surface area contributed by atoms with E-state index in [1.54, 1.807) is 55.2 Å². The number of alkyl halides is 3. The average molecular weight is 418 g/mol. The van der Waals surface area contributed by atoms with Crippen LogP contribution in [0, 0.1) is 0 Å². The third-order valence-electron chi connectivity index (χ3n) is 3.47. The van der Waals surface area contributed by atoms with Crippen LogP contribution in [0.15, 0.2) is 53.1 Å². The van der Waals surface area contributed by atoms with Crippen LogP contribution in [0.2, 0.25) is 5.02 Å². The van der Waals surface area contributed by atoms with Gasteiger partial charge in [0.2, 0.25) is 5.82 Å². The minimum absolute atomic E-state index is 0.0385. The van der Waals surface area contributed by atoms with Crippen molar-refractivity contribution in [1.29, 1.82) is 0 Å². The number of hydrogen-bond acceptors (Lipinski definition) is 4. The van der Waals surface area contributed by atoms with Crippen molar-refractivity contribution in [3.8, 4) is 11.4 Å². The lowest BCUT2D eigenvalue weighted by atomic mass is 10.2. The van der Waals surface area contributed by atoms with E-state index >= 15 is 0 Å². The molecule has 0 saturated carbocycles. The second kappa shape index (κ2) is 6.99. The zero-order valence-electron chi connectivity index (χ0n) is 13.3. The van der Waals surface area contributed by atoms with E-state index in [2.05, 4.69) is 19.8 Å². The fourth-order valence-corrected chi connectivity index (χ4v) is 3.88. The zero-order chi connectivity index (χ0) is 18.9. The lowest BCUT2D eigenvalue weighted by Crippen LogP contribution is -2.10. The van der Waals surface area contributed by atoms with E-state index in [9.17, 15) is 13.3 Å². The molecule has 2 aromatic carbocycles. The van der Waals surface area contributed by atoms with Gasteiger partial charge in [-0.05, 0) is 48.0 Å². The van der Waals surface area contributed by atoms with Crippen molar-refractivity contribution in [2.24, 2.45) is 0 Å². The summed E-state index contributed by atoms with van der Waals surface area (Å²) in [7, 11) is -2.91. The summed E-state index contributed by atoms with van der Waals surface area (Å²) >= 11 is 10.7. The van der Waals surface area contributed by atoms with E-state index in [1.807, 2.05) is 0 Å². The first-order valence-electron chi connectivity index (χ1n) is 7.28. The Bertz CT molecular complexity index is 957. The predicted molar refractivity (Wildman–Crippen MR) is 97.7 cm³/mol. The van der Waals surface area contributed by atoms with Crippen molar-refractivity contribution >= 4 is 41.5 Å². The Morgan fingerprint density at radius 3 is 2.27 bits per heavy atom. The van der Waals surface area contributed by atoms with Crippen LogP contribution in [-0.2, 0) is 9.95 Å². The van der Waals surface area contributed by atoms with E-state index in [4.69, 9.17) is 23.2 Å². The van der Waals surface area contributed by atoms with E-state index in [0.29, 0.717) is 21.6 Å². The van der Waals surface area contributed by atoms with Crippen LogP contribution in [0.25, 0.3) is 11.4 Å². The molecule has 10 heteroatoms. The van der Waals surface area contributed by atoms with Crippen molar-refractivity contribution in [2.45, 2.75) is 5.38 Å². The smallest absolute Gasteiger partial charge is 0.333 e. The highest BCUT2D eigenvalue weighted by atomic mass is 35.5. The molecule has 0 saturated heterocycles. The van der Waals surface area contributed by atoms with Crippen LogP contribution in [-0.4, -0.2) is 16.8 Å². The molecule has 0 amide bonds. The van der Waals surface area contributed by atoms with Gasteiger partial charge in [0, 0.05) is 28.2 Å². The van der Waals surface area contributed by atoms with Gasteiger partial charge in [0.25, 0.3) is 0 Å². The summed E-state index contributed by atoms with van der Waals surface area (Å²) in [5, 5.41) is 3.84. The molecule has 136 valence electrons. The van der Waals surface area contributed by atoms with Crippen LogP contribution in [0.4, 0.5) is 14.5 Å². The molecule has 0 aliphatic carbocycles. The maximum Gasteiger partial charge on any atom is 0.400 e. The summed E-state index contributed by atoms with van der Waals surface area (Å²) in [5.74, 6) is -1.02. The van der Waals surface area contributed by atoms with Crippen LogP contribution in [0.1, 0.15) is 5.89 Å². The lowest BCUT2D eigenvalue weighted by Gasteiger charge is -2.16. The number of benzene rings is 2. The zero-order valence-corrected chi connectivity index (χ0v) is 15.7. The lowest BCUT2D eigenvalue weighted by molar-refractivity contribution is 0.0551. The molecule has 1 aromatic heterocycles. The summed E-state index contributed by atoms with van der Waals surface area (Å²) in [6.07, 6.45) is 0. The molecule has 1 N–H and O–H groups in total. The minimum atomic E-state index is -3.73. The third-order valence-corrected chi connectivity index (χ3v) is 5.86. The molecule has 0 fully saturated rings. The largest absolute Gasteiger partial charge is 0.400 e. The fourth-order valence-electron chi connectivity index (χ4n) is 2.19. The number of nitrogens with one attached hydrogen (secondary N) is 1. The van der Waals surface area contributed by atoms with Gasteiger partial charge in [-0.15, -0.1) is 0 Å². The van der Waals surface area contributed by atoms with Crippen molar-refractivity contribution in [3.63, 3.8) is 0 Å². The van der Waals surface area contributed by atoms with Crippen molar-refractivity contribution in [2.75, 3.05) is 11.8 Å². The van der Waals surface area contributed by atoms with E-state index < -0.39 is 18.6 Å². The molecular formula is C16H12Cl2F2N3O2P. The van der Waals surface area contributed by atoms with E-state index in [0.717, 1.165) is 0 Å². The molecule has 26 heavy (non-hydrogen) atoms. The SMILES string of the molecule is CP(=O)(Nc1ccc(Cl)cc1)c1ccc(-c2noc(C(F)(F)Cl)n2)cc1. The van der Waals surface area contributed by atoms with Gasteiger partial charge in [0.1, 0.15) is 0 Å². The Morgan fingerprint density at radius 2 is 1.73 bits per heavy atom. The molecule has 0 aliphatic rings. The molecule has 0 spiro atoms. The summed E-state index contributed by atoms with van der Waals surface area (Å²) in [4.78, 5) is 3.56. The van der Waals surface area contributed by atoms with Gasteiger partial charge in [-0.2, -0.15) is 13.8 Å². The van der Waals surface area contributed by atoms with Gasteiger partial charge < -0.3 is 9.61 Å². The number of halogens is 4. The number of nitrogens with zero attached hydrogens (tertiary/aromatic N) is 2. The van der Waals surface area contributed by atoms with Crippen LogP contribution in [0.5, 0.6) is 0 Å². The molecule has 3 rings (SSSR count). The van der Waals surface area contributed by atoms with Crippen LogP contribution < -0.4 is 10.4 Å². The summed E-state index contributed by atoms with van der Waals surface area (Å²) < 4.78 is 43.3. The molecule has 0 radical (unpaired) electrons. The van der Waals surface area contributed by atoms with E-state index in [-0.39, 0.29) is 5.82 Å². The first-order chi connectivity index (χ1) is 12.1. The summed E-state index contributed by atoms with van der Waals surface area (Å²) in [5.41, 5.74) is 1.09. The Labute approximate surface area is 157 Å². The topological polar surface area (TPSA) is 68.0 Å². The van der Waals surface area contributed by atoms with Crippen molar-refractivity contribution < 1.29 is 17.9 Å². The first-order valence-corrected chi connectivity index (χ1v) is 10.2. The third kappa shape index (κ3) is 4.23. The Balaban J connectivity index is 1.81. The number of hydrogen-bond donors (Lipinski definition) is 1. The minimum Gasteiger partial charge on any atom is -0.333 e. The number of anilines is 1. The monoisotopic (exact) mass is 417 g/mol. The van der Waals surface area contributed by atoms with Gasteiger partial charge in [-0.3, -0.25) is 4.57 Å². The van der Waals surface area contributed by atoms with Gasteiger partial charge in [0.15, 0.2) is 7.29 Å². The number of rotatable bonds is 5.